The van der Waals surface area contributed by atoms with E-state index in [9.17, 15) is 9.59 Å². The van der Waals surface area contributed by atoms with Gasteiger partial charge in [-0.25, -0.2) is 4.79 Å². The summed E-state index contributed by atoms with van der Waals surface area (Å²) in [5.41, 5.74) is 0.477. The predicted molar refractivity (Wildman–Crippen MR) is 102 cm³/mol. The van der Waals surface area contributed by atoms with E-state index >= 15 is 0 Å². The van der Waals surface area contributed by atoms with Crippen LogP contribution in [0, 0.1) is 0 Å². The molecule has 1 aliphatic heterocycles. The third-order valence-electron chi connectivity index (χ3n) is 4.31. The second-order valence-corrected chi connectivity index (χ2v) is 6.37. The Morgan fingerprint density at radius 2 is 1.96 bits per heavy atom. The molecular formula is C21H19NO6. The molecule has 144 valence electrons. The zero-order valence-corrected chi connectivity index (χ0v) is 15.3. The predicted octanol–water partition coefficient (Wildman–Crippen LogP) is 3.24. The Kier molecular flexibility index (Phi) is 4.89. The maximum atomic E-state index is 12.5. The summed E-state index contributed by atoms with van der Waals surface area (Å²) < 4.78 is 21.4. The lowest BCUT2D eigenvalue weighted by Gasteiger charge is -2.08. The molecule has 0 saturated heterocycles. The molecule has 2 heterocycles. The van der Waals surface area contributed by atoms with Gasteiger partial charge in [-0.05, 0) is 42.3 Å². The molecule has 0 aliphatic carbocycles. The molecular weight excluding hydrogens is 362 g/mol. The van der Waals surface area contributed by atoms with E-state index in [2.05, 4.69) is 5.32 Å². The van der Waals surface area contributed by atoms with Crippen molar-refractivity contribution in [2.45, 2.75) is 19.9 Å². The van der Waals surface area contributed by atoms with Crippen molar-refractivity contribution in [2.24, 2.45) is 0 Å². The number of nitrogens with one attached hydrogen (secondary N) is 1. The van der Waals surface area contributed by atoms with E-state index in [4.69, 9.17) is 18.6 Å². The smallest absolute Gasteiger partial charge is 0.349 e. The molecule has 0 unspecified atom stereocenters. The average molecular weight is 381 g/mol. The van der Waals surface area contributed by atoms with Crippen LogP contribution in [-0.2, 0) is 6.54 Å². The van der Waals surface area contributed by atoms with Crippen molar-refractivity contribution >= 4 is 16.9 Å². The van der Waals surface area contributed by atoms with Crippen LogP contribution in [0.3, 0.4) is 0 Å². The molecule has 7 heteroatoms. The molecule has 1 aromatic heterocycles. The Morgan fingerprint density at radius 1 is 1.11 bits per heavy atom. The van der Waals surface area contributed by atoms with Crippen LogP contribution >= 0.6 is 0 Å². The fraction of sp³-hybridized carbons (Fsp3) is 0.238. The van der Waals surface area contributed by atoms with Gasteiger partial charge in [-0.15, -0.1) is 0 Å². The van der Waals surface area contributed by atoms with Crippen molar-refractivity contribution in [3.8, 4) is 17.2 Å². The molecule has 0 saturated carbocycles. The number of rotatable bonds is 6. The fourth-order valence-corrected chi connectivity index (χ4v) is 2.89. The van der Waals surface area contributed by atoms with E-state index in [0.717, 1.165) is 12.0 Å². The van der Waals surface area contributed by atoms with Crippen LogP contribution in [0.2, 0.25) is 0 Å². The number of hydrogen-bond donors (Lipinski definition) is 1. The molecule has 28 heavy (non-hydrogen) atoms. The van der Waals surface area contributed by atoms with Crippen molar-refractivity contribution in [1.29, 1.82) is 0 Å². The van der Waals surface area contributed by atoms with E-state index in [1.807, 2.05) is 13.0 Å². The first-order valence-electron chi connectivity index (χ1n) is 9.01. The zero-order valence-electron chi connectivity index (χ0n) is 15.3. The fourth-order valence-electron chi connectivity index (χ4n) is 2.89. The number of hydrogen-bond acceptors (Lipinski definition) is 6. The summed E-state index contributed by atoms with van der Waals surface area (Å²) in [4.78, 5) is 24.7. The highest BCUT2D eigenvalue weighted by Crippen LogP contribution is 2.32. The summed E-state index contributed by atoms with van der Waals surface area (Å²) in [5.74, 6) is 1.43. The van der Waals surface area contributed by atoms with Gasteiger partial charge >= 0.3 is 5.63 Å². The first kappa shape index (κ1) is 17.9. The summed E-state index contributed by atoms with van der Waals surface area (Å²) in [6, 6.07) is 12.1. The molecule has 0 radical (unpaired) electrons. The highest BCUT2D eigenvalue weighted by Gasteiger charge is 2.16. The van der Waals surface area contributed by atoms with Gasteiger partial charge in [-0.3, -0.25) is 4.79 Å². The number of carbonyl (C=O) groups is 1. The van der Waals surface area contributed by atoms with Gasteiger partial charge in [0, 0.05) is 18.0 Å². The number of ether oxygens (including phenoxy) is 3. The first-order chi connectivity index (χ1) is 13.6. The molecule has 1 N–H and O–H groups in total. The minimum Gasteiger partial charge on any atom is -0.493 e. The van der Waals surface area contributed by atoms with Gasteiger partial charge in [0.2, 0.25) is 6.79 Å². The standard InChI is InChI=1S/C21H19NO6/c1-2-7-25-15-5-4-14-9-16(21(24)28-18(14)10-15)20(23)22-11-13-3-6-17-19(8-13)27-12-26-17/h3-6,8-10H,2,7,11-12H2,1H3,(H,22,23). The van der Waals surface area contributed by atoms with Crippen LogP contribution in [0.4, 0.5) is 0 Å². The largest absolute Gasteiger partial charge is 0.493 e. The zero-order chi connectivity index (χ0) is 19.5. The van der Waals surface area contributed by atoms with Gasteiger partial charge in [-0.1, -0.05) is 13.0 Å². The molecule has 7 nitrogen and oxygen atoms in total. The van der Waals surface area contributed by atoms with Gasteiger partial charge in [-0.2, -0.15) is 0 Å². The molecule has 3 aromatic rings. The van der Waals surface area contributed by atoms with E-state index in [-0.39, 0.29) is 18.9 Å². The molecule has 1 aliphatic rings. The van der Waals surface area contributed by atoms with Crippen LogP contribution < -0.4 is 25.2 Å². The summed E-state index contributed by atoms with van der Waals surface area (Å²) in [6.07, 6.45) is 0.879. The van der Waals surface area contributed by atoms with Crippen molar-refractivity contribution < 1.29 is 23.4 Å². The quantitative estimate of drug-likeness (QED) is 0.660. The van der Waals surface area contributed by atoms with Gasteiger partial charge in [0.05, 0.1) is 6.61 Å². The number of benzene rings is 2. The summed E-state index contributed by atoms with van der Waals surface area (Å²) >= 11 is 0. The van der Waals surface area contributed by atoms with Crippen LogP contribution in [0.15, 0.2) is 51.7 Å². The van der Waals surface area contributed by atoms with E-state index in [0.29, 0.717) is 34.8 Å². The van der Waals surface area contributed by atoms with E-state index in [1.54, 1.807) is 30.3 Å². The molecule has 0 spiro atoms. The third kappa shape index (κ3) is 3.64. The van der Waals surface area contributed by atoms with Gasteiger partial charge in [0.15, 0.2) is 11.5 Å². The highest BCUT2D eigenvalue weighted by atomic mass is 16.7. The monoisotopic (exact) mass is 381 g/mol. The second-order valence-electron chi connectivity index (χ2n) is 6.37. The molecule has 2 aromatic carbocycles. The topological polar surface area (TPSA) is 87.0 Å². The number of carbonyl (C=O) groups excluding carboxylic acids is 1. The Balaban J connectivity index is 1.50. The number of fused-ring (bicyclic) bond motifs is 2. The van der Waals surface area contributed by atoms with E-state index < -0.39 is 11.5 Å². The lowest BCUT2D eigenvalue weighted by Crippen LogP contribution is -2.27. The van der Waals surface area contributed by atoms with Gasteiger partial charge < -0.3 is 23.9 Å². The minimum atomic E-state index is -0.691. The summed E-state index contributed by atoms with van der Waals surface area (Å²) in [5, 5.41) is 3.38. The second kappa shape index (κ2) is 7.64. The van der Waals surface area contributed by atoms with Crippen LogP contribution in [0.1, 0.15) is 29.3 Å². The lowest BCUT2D eigenvalue weighted by molar-refractivity contribution is 0.0947. The summed E-state index contributed by atoms with van der Waals surface area (Å²) in [6.45, 7) is 3.02. The van der Waals surface area contributed by atoms with Crippen LogP contribution in [0.5, 0.6) is 17.2 Å². The maximum absolute atomic E-state index is 12.5. The van der Waals surface area contributed by atoms with Crippen molar-refractivity contribution in [2.75, 3.05) is 13.4 Å². The van der Waals surface area contributed by atoms with Crippen molar-refractivity contribution in [1.82, 2.24) is 5.32 Å². The number of amides is 1. The first-order valence-corrected chi connectivity index (χ1v) is 9.01. The Morgan fingerprint density at radius 3 is 2.82 bits per heavy atom. The Bertz CT molecular complexity index is 1090. The van der Waals surface area contributed by atoms with Crippen LogP contribution in [0.25, 0.3) is 11.0 Å². The Labute approximate surface area is 160 Å². The van der Waals surface area contributed by atoms with Crippen molar-refractivity contribution in [3.05, 3.63) is 64.0 Å². The molecule has 4 rings (SSSR count). The lowest BCUT2D eigenvalue weighted by atomic mass is 10.1. The van der Waals surface area contributed by atoms with Crippen LogP contribution in [-0.4, -0.2) is 19.3 Å². The molecule has 0 fully saturated rings. The molecule has 0 bridgehead atoms. The average Bonchev–Trinajstić information content (AvgIpc) is 3.17. The third-order valence-corrected chi connectivity index (χ3v) is 4.31. The Hall–Kier alpha value is -3.48. The highest BCUT2D eigenvalue weighted by molar-refractivity contribution is 5.96. The molecule has 1 amide bonds. The summed E-state index contributed by atoms with van der Waals surface area (Å²) in [7, 11) is 0. The van der Waals surface area contributed by atoms with Gasteiger partial charge in [0.1, 0.15) is 16.9 Å². The van der Waals surface area contributed by atoms with Gasteiger partial charge in [0.25, 0.3) is 5.91 Å². The van der Waals surface area contributed by atoms with Crippen molar-refractivity contribution in [3.63, 3.8) is 0 Å². The SMILES string of the molecule is CCCOc1ccc2cc(C(=O)NCc3ccc4c(c3)OCO4)c(=O)oc2c1. The molecule has 0 atom stereocenters. The minimum absolute atomic E-state index is 0.0459. The normalized spacial score (nSPS) is 12.2. The maximum Gasteiger partial charge on any atom is 0.349 e. The van der Waals surface area contributed by atoms with E-state index in [1.165, 1.54) is 6.07 Å².